The number of nitroso groups, excluding NO2 is 1. The minimum atomic E-state index is -2.64. The highest BCUT2D eigenvalue weighted by Gasteiger charge is 2.32. The van der Waals surface area contributed by atoms with E-state index in [1.165, 1.54) is 0 Å². The fourth-order valence-corrected chi connectivity index (χ4v) is 4.71. The molecule has 0 heterocycles. The summed E-state index contributed by atoms with van der Waals surface area (Å²) in [6, 6.07) is 7.55. The smallest absolute Gasteiger partial charge is 0.422 e. The van der Waals surface area contributed by atoms with Crippen LogP contribution in [0.3, 0.4) is 0 Å². The molecule has 0 saturated heterocycles. The van der Waals surface area contributed by atoms with Crippen LogP contribution < -0.4 is 15.6 Å². The zero-order valence-electron chi connectivity index (χ0n) is 17.0. The average Bonchev–Trinajstić information content (AvgIpc) is 2.69. The molecule has 0 unspecified atom stereocenters. The van der Waals surface area contributed by atoms with Crippen molar-refractivity contribution in [1.29, 1.82) is 0 Å². The summed E-state index contributed by atoms with van der Waals surface area (Å²) >= 11 is 0. The number of amides is 1. The van der Waals surface area contributed by atoms with Crippen molar-refractivity contribution in [3.8, 4) is 0 Å². The third-order valence-electron chi connectivity index (χ3n) is 4.05. The lowest BCUT2D eigenvalue weighted by molar-refractivity contribution is 0.148. The van der Waals surface area contributed by atoms with Crippen LogP contribution in [0, 0.1) is 4.91 Å². The van der Waals surface area contributed by atoms with E-state index in [1.807, 2.05) is 37.8 Å². The summed E-state index contributed by atoms with van der Waals surface area (Å²) in [5, 5.41) is 11.8. The molecule has 0 bridgehead atoms. The van der Waals surface area contributed by atoms with Gasteiger partial charge in [-0.1, -0.05) is 0 Å². The van der Waals surface area contributed by atoms with Crippen molar-refractivity contribution in [3.63, 3.8) is 0 Å². The van der Waals surface area contributed by atoms with Gasteiger partial charge in [0.2, 0.25) is 0 Å². The Bertz CT molecular complexity index is 582. The van der Waals surface area contributed by atoms with Crippen molar-refractivity contribution in [1.82, 2.24) is 5.32 Å². The molecule has 1 aromatic rings. The average molecular weight is 413 g/mol. The number of benzene rings is 1. The van der Waals surface area contributed by atoms with E-state index in [4.69, 9.17) is 19.0 Å². The molecule has 0 radical (unpaired) electrons. The zero-order chi connectivity index (χ0) is 20.8. The van der Waals surface area contributed by atoms with Crippen LogP contribution in [0.2, 0.25) is 6.04 Å². The Labute approximate surface area is 167 Å². The lowest BCUT2D eigenvalue weighted by Gasteiger charge is -2.24. The third-order valence-corrected chi connectivity index (χ3v) is 6.65. The monoisotopic (exact) mass is 412 g/mol. The molecule has 0 atom stereocenters. The molecule has 0 aliphatic heterocycles. The lowest BCUT2D eigenvalue weighted by Crippen LogP contribution is -2.52. The third kappa shape index (κ3) is 8.78. The second kappa shape index (κ2) is 13.2. The first-order valence-corrected chi connectivity index (χ1v) is 11.7. The van der Waals surface area contributed by atoms with Crippen LogP contribution >= 0.6 is 0 Å². The van der Waals surface area contributed by atoms with Gasteiger partial charge in [-0.15, -0.1) is 4.91 Å². The van der Waals surface area contributed by atoms with Crippen LogP contribution in [0.4, 0.5) is 16.2 Å². The van der Waals surface area contributed by atoms with Gasteiger partial charge in [-0.3, -0.25) is 0 Å². The quantitative estimate of drug-likeness (QED) is 0.274. The Morgan fingerprint density at radius 1 is 1.18 bits per heavy atom. The number of nitrogens with two attached hydrogens (primary N) is 1. The maximum Gasteiger partial charge on any atom is 0.422 e. The molecular formula is C18H32N4O5Si. The van der Waals surface area contributed by atoms with Gasteiger partial charge < -0.3 is 29.2 Å². The maximum atomic E-state index is 11.8. The Morgan fingerprint density at radius 2 is 1.82 bits per heavy atom. The van der Waals surface area contributed by atoms with Gasteiger partial charge in [0.15, 0.2) is 0 Å². The molecule has 158 valence electrons. The molecule has 3 N–H and O–H groups in total. The minimum absolute atomic E-state index is 0.251. The molecule has 9 nitrogen and oxygen atoms in total. The minimum Gasteiger partial charge on any atom is -0.448 e. The number of carbonyl (C=O) groups excluding carboxylic acids is 1. The predicted octanol–water partition coefficient (Wildman–Crippen LogP) is 3.00. The van der Waals surface area contributed by atoms with Crippen molar-refractivity contribution >= 4 is 26.2 Å². The molecule has 0 fully saturated rings. The number of hydrogen-bond acceptors (Lipinski definition) is 8. The number of anilines is 1. The van der Waals surface area contributed by atoms with Crippen molar-refractivity contribution < 1.29 is 18.4 Å². The first-order valence-electron chi connectivity index (χ1n) is 9.63. The van der Waals surface area contributed by atoms with Gasteiger partial charge in [-0.25, -0.2) is 4.79 Å². The second-order valence-corrected chi connectivity index (χ2v) is 8.73. The maximum absolute atomic E-state index is 11.8. The molecule has 0 aliphatic rings. The van der Waals surface area contributed by atoms with E-state index in [0.717, 1.165) is 12.2 Å². The Balaban J connectivity index is 2.28. The normalized spacial score (nSPS) is 11.1. The summed E-state index contributed by atoms with van der Waals surface area (Å²) < 4.78 is 16.3. The summed E-state index contributed by atoms with van der Waals surface area (Å²) in [4.78, 5) is 24.4. The topological polar surface area (TPSA) is 115 Å². The highest BCUT2D eigenvalue weighted by Crippen LogP contribution is 2.19. The number of likely N-dealkylation sites (N-methyl/N-ethyl adjacent to an activating group) is 1. The fraction of sp³-hybridized carbons (Fsp3) is 0.611. The highest BCUT2D eigenvalue weighted by atomic mass is 28.4. The van der Waals surface area contributed by atoms with E-state index in [0.29, 0.717) is 44.5 Å². The predicted molar refractivity (Wildman–Crippen MR) is 112 cm³/mol. The van der Waals surface area contributed by atoms with E-state index in [-0.39, 0.29) is 6.61 Å². The fourth-order valence-electron chi connectivity index (χ4n) is 2.69. The summed E-state index contributed by atoms with van der Waals surface area (Å²) in [5.41, 5.74) is 1.32. The number of ether oxygens (including phenoxy) is 1. The van der Waals surface area contributed by atoms with Gasteiger partial charge in [0.25, 0.3) is 0 Å². The highest BCUT2D eigenvalue weighted by molar-refractivity contribution is 6.63. The first kappa shape index (κ1) is 24.0. The Morgan fingerprint density at radius 3 is 2.36 bits per heavy atom. The molecule has 1 amide bonds. The zero-order valence-corrected chi connectivity index (χ0v) is 18.0. The standard InChI is InChI=1S/C18H32N4O5Si/c1-4-22(17-10-8-16(21-24)9-11-17)13-14-25-18(23)20-12-7-15-28(19,26-5-2)27-6-3/h8-11H,4-7,12-15,19H2,1-3H3,(H,20,23). The number of nitrogens with one attached hydrogen (secondary N) is 1. The van der Waals surface area contributed by atoms with E-state index in [1.54, 1.807) is 12.1 Å². The molecule has 28 heavy (non-hydrogen) atoms. The van der Waals surface area contributed by atoms with Gasteiger partial charge in [0, 0.05) is 38.0 Å². The van der Waals surface area contributed by atoms with Crippen molar-refractivity contribution in [2.45, 2.75) is 33.2 Å². The molecule has 0 aromatic heterocycles. The number of nitrogens with zero attached hydrogens (tertiary/aromatic N) is 2. The molecule has 1 aromatic carbocycles. The van der Waals surface area contributed by atoms with Crippen LogP contribution in [-0.4, -0.2) is 54.3 Å². The number of hydrogen-bond donors (Lipinski definition) is 2. The summed E-state index contributed by atoms with van der Waals surface area (Å²) in [6.07, 6.45) is 0.199. The van der Waals surface area contributed by atoms with Gasteiger partial charge in [0.05, 0.1) is 6.54 Å². The van der Waals surface area contributed by atoms with Crippen molar-refractivity contribution in [2.24, 2.45) is 10.6 Å². The molecule has 10 heteroatoms. The second-order valence-electron chi connectivity index (χ2n) is 6.03. The van der Waals surface area contributed by atoms with Crippen molar-refractivity contribution in [2.75, 3.05) is 44.4 Å². The number of rotatable bonds is 14. The summed E-state index contributed by atoms with van der Waals surface area (Å²) in [5.74, 6) is 0. The van der Waals surface area contributed by atoms with Crippen LogP contribution in [0.1, 0.15) is 27.2 Å². The summed E-state index contributed by atoms with van der Waals surface area (Å²) in [7, 11) is -2.64. The largest absolute Gasteiger partial charge is 0.448 e. The number of alkyl carbamates (subject to hydrolysis) is 1. The van der Waals surface area contributed by atoms with Gasteiger partial charge >= 0.3 is 14.8 Å². The molecule has 1 rings (SSSR count). The van der Waals surface area contributed by atoms with Crippen LogP contribution in [-0.2, 0) is 13.6 Å². The first-order chi connectivity index (χ1) is 13.5. The van der Waals surface area contributed by atoms with Gasteiger partial charge in [-0.2, -0.15) is 0 Å². The van der Waals surface area contributed by atoms with E-state index < -0.39 is 14.8 Å². The lowest BCUT2D eigenvalue weighted by atomic mass is 10.2. The molecule has 0 aliphatic carbocycles. The Hall–Kier alpha value is -2.01. The van der Waals surface area contributed by atoms with Crippen LogP contribution in [0.5, 0.6) is 0 Å². The van der Waals surface area contributed by atoms with Gasteiger partial charge in [-0.05, 0) is 56.6 Å². The molecule has 0 spiro atoms. The van der Waals surface area contributed by atoms with Crippen LogP contribution in [0.15, 0.2) is 29.4 Å². The SMILES string of the molecule is CCO[Si](N)(CCCNC(=O)OCCN(CC)c1ccc(N=O)cc1)OCC. The van der Waals surface area contributed by atoms with Crippen molar-refractivity contribution in [3.05, 3.63) is 29.2 Å². The van der Waals surface area contributed by atoms with Gasteiger partial charge in [0.1, 0.15) is 12.3 Å². The summed E-state index contributed by atoms with van der Waals surface area (Å²) in [6.45, 7) is 8.80. The van der Waals surface area contributed by atoms with E-state index in [2.05, 4.69) is 10.5 Å². The van der Waals surface area contributed by atoms with Crippen LogP contribution in [0.25, 0.3) is 0 Å². The molecular weight excluding hydrogens is 380 g/mol. The van der Waals surface area contributed by atoms with E-state index >= 15 is 0 Å². The molecule has 0 saturated carbocycles. The Kier molecular flexibility index (Phi) is 11.3. The number of carbonyl (C=O) groups is 1. The van der Waals surface area contributed by atoms with E-state index in [9.17, 15) is 9.70 Å².